The first-order valence-electron chi connectivity index (χ1n) is 17.8. The first-order valence-corrected chi connectivity index (χ1v) is 17.8. The molecular formula is C42H54O8. The van der Waals surface area contributed by atoms with Crippen molar-refractivity contribution >= 4 is 11.9 Å². The number of hydrogen-bond donors (Lipinski definition) is 2. The van der Waals surface area contributed by atoms with E-state index in [1.54, 1.807) is 0 Å². The number of carbonyl (C=O) groups is 2. The largest absolute Gasteiger partial charge is 0.494 e. The van der Waals surface area contributed by atoms with Gasteiger partial charge in [-0.2, -0.15) is 0 Å². The number of ether oxygens (including phenoxy) is 4. The Hall–Kier alpha value is -4.40. The van der Waals surface area contributed by atoms with Gasteiger partial charge in [-0.3, -0.25) is 0 Å². The van der Waals surface area contributed by atoms with Crippen molar-refractivity contribution in [2.24, 2.45) is 0 Å². The van der Waals surface area contributed by atoms with Gasteiger partial charge in [-0.1, -0.05) is 100 Å². The molecule has 3 aromatic rings. The van der Waals surface area contributed by atoms with Crippen molar-refractivity contribution in [3.63, 3.8) is 0 Å². The van der Waals surface area contributed by atoms with Gasteiger partial charge in [0.25, 0.3) is 0 Å². The molecule has 0 aliphatic heterocycles. The molecule has 0 heterocycles. The van der Waals surface area contributed by atoms with Crippen LogP contribution in [0.4, 0.5) is 0 Å². The molecule has 270 valence electrons. The number of unbranched alkanes of at least 4 members (excludes halogenated alkanes) is 6. The van der Waals surface area contributed by atoms with Crippen molar-refractivity contribution in [1.29, 1.82) is 0 Å². The molecule has 0 saturated carbocycles. The molecule has 0 bridgehead atoms. The molecule has 0 fully saturated rings. The third kappa shape index (κ3) is 16.8. The van der Waals surface area contributed by atoms with Gasteiger partial charge in [-0.15, -0.1) is 0 Å². The quantitative estimate of drug-likeness (QED) is 0.0497. The van der Waals surface area contributed by atoms with E-state index in [0.29, 0.717) is 26.1 Å². The van der Waals surface area contributed by atoms with Crippen LogP contribution in [0.2, 0.25) is 0 Å². The minimum Gasteiger partial charge on any atom is -0.494 e. The molecule has 0 saturated heterocycles. The van der Waals surface area contributed by atoms with Crippen molar-refractivity contribution in [1.82, 2.24) is 0 Å². The predicted molar refractivity (Wildman–Crippen MR) is 197 cm³/mol. The summed E-state index contributed by atoms with van der Waals surface area (Å²) < 4.78 is 21.5. The van der Waals surface area contributed by atoms with E-state index in [0.717, 1.165) is 93.4 Å². The summed E-state index contributed by atoms with van der Waals surface area (Å²) in [5, 5.41) is 19.7. The Bertz CT molecular complexity index is 1400. The van der Waals surface area contributed by atoms with E-state index in [1.165, 1.54) is 16.7 Å². The van der Waals surface area contributed by atoms with Gasteiger partial charge in [0.2, 0.25) is 0 Å². The van der Waals surface area contributed by atoms with Crippen molar-refractivity contribution in [3.8, 4) is 22.6 Å². The average Bonchev–Trinajstić information content (AvgIpc) is 3.15. The maximum Gasteiger partial charge on any atom is 0.330 e. The maximum absolute atomic E-state index is 11.0. The van der Waals surface area contributed by atoms with Crippen molar-refractivity contribution in [3.05, 3.63) is 109 Å². The molecule has 2 unspecified atom stereocenters. The number of hydrogen-bond acceptors (Lipinski definition) is 8. The molecule has 0 aliphatic carbocycles. The Morgan fingerprint density at radius 1 is 0.540 bits per heavy atom. The topological polar surface area (TPSA) is 112 Å². The lowest BCUT2D eigenvalue weighted by Crippen LogP contribution is -2.17. The third-order valence-electron chi connectivity index (χ3n) is 8.34. The summed E-state index contributed by atoms with van der Waals surface area (Å²) in [6, 6.07) is 25.3. The maximum atomic E-state index is 11.0. The van der Waals surface area contributed by atoms with E-state index in [-0.39, 0.29) is 13.2 Å². The van der Waals surface area contributed by atoms with Gasteiger partial charge < -0.3 is 29.2 Å². The minimum absolute atomic E-state index is 0.0150. The van der Waals surface area contributed by atoms with E-state index in [4.69, 9.17) is 18.9 Å². The van der Waals surface area contributed by atoms with Crippen LogP contribution in [0, 0.1) is 0 Å². The summed E-state index contributed by atoms with van der Waals surface area (Å²) in [6.45, 7) is 8.02. The van der Waals surface area contributed by atoms with Gasteiger partial charge in [0, 0.05) is 12.2 Å². The standard InChI is InChI=1S/C42H54O8/c1-3-41(45)49-31-37(43)13-9-5-7-11-29-47-39-25-19-34(20-26-39)16-15-33-17-21-35(22-18-33)36-23-27-40(28-24-36)48-30-12-8-6-10-14-38(44)32-50-42(46)4-2/h3-4,17-28,37-38,43-44H,1-2,5-16,29-32H2. The lowest BCUT2D eigenvalue weighted by molar-refractivity contribution is -0.141. The number of rotatable bonds is 26. The van der Waals surface area contributed by atoms with Crippen molar-refractivity contribution in [2.45, 2.75) is 89.3 Å². The number of carbonyl (C=O) groups excluding carboxylic acids is 2. The number of aryl methyl sites for hydroxylation is 2. The summed E-state index contributed by atoms with van der Waals surface area (Å²) in [5.41, 5.74) is 4.90. The van der Waals surface area contributed by atoms with Gasteiger partial charge in [0.05, 0.1) is 25.4 Å². The number of esters is 2. The summed E-state index contributed by atoms with van der Waals surface area (Å²) in [6.07, 6.45) is 11.7. The normalized spacial score (nSPS) is 12.0. The molecule has 2 atom stereocenters. The minimum atomic E-state index is -0.631. The second-order valence-electron chi connectivity index (χ2n) is 12.4. The van der Waals surface area contributed by atoms with Crippen LogP contribution in [0.5, 0.6) is 11.5 Å². The first-order chi connectivity index (χ1) is 24.4. The molecule has 0 spiro atoms. The van der Waals surface area contributed by atoms with Crippen molar-refractivity contribution < 1.29 is 38.7 Å². The lowest BCUT2D eigenvalue weighted by atomic mass is 10.0. The molecule has 0 radical (unpaired) electrons. The van der Waals surface area contributed by atoms with E-state index in [1.807, 2.05) is 24.3 Å². The second kappa shape index (κ2) is 23.9. The molecule has 8 nitrogen and oxygen atoms in total. The number of aliphatic hydroxyl groups excluding tert-OH is 2. The summed E-state index contributed by atoms with van der Waals surface area (Å²) in [5.74, 6) is 0.720. The zero-order valence-corrected chi connectivity index (χ0v) is 29.3. The lowest BCUT2D eigenvalue weighted by Gasteiger charge is -2.11. The molecule has 3 aromatic carbocycles. The summed E-state index contributed by atoms with van der Waals surface area (Å²) in [7, 11) is 0. The van der Waals surface area contributed by atoms with E-state index < -0.39 is 24.1 Å². The molecule has 0 amide bonds. The van der Waals surface area contributed by atoms with Gasteiger partial charge in [-0.05, 0) is 85.0 Å². The SMILES string of the molecule is C=CC(=O)OCC(O)CCCCCCOc1ccc(CCc2ccc(-c3ccc(OCCCCCCC(O)COC(=O)C=C)cc3)cc2)cc1. The van der Waals surface area contributed by atoms with Crippen LogP contribution in [-0.4, -0.2) is 60.8 Å². The Morgan fingerprint density at radius 2 is 0.900 bits per heavy atom. The Morgan fingerprint density at radius 3 is 1.32 bits per heavy atom. The van der Waals surface area contributed by atoms with Gasteiger partial charge >= 0.3 is 11.9 Å². The third-order valence-corrected chi connectivity index (χ3v) is 8.34. The number of benzene rings is 3. The zero-order valence-electron chi connectivity index (χ0n) is 29.3. The second-order valence-corrected chi connectivity index (χ2v) is 12.4. The molecule has 0 aliphatic rings. The molecule has 0 aromatic heterocycles. The Balaban J connectivity index is 1.24. The smallest absolute Gasteiger partial charge is 0.330 e. The van der Waals surface area contributed by atoms with Crippen LogP contribution in [0.15, 0.2) is 98.1 Å². The van der Waals surface area contributed by atoms with Crippen LogP contribution in [0.25, 0.3) is 11.1 Å². The first kappa shape index (κ1) is 40.0. The fourth-order valence-corrected chi connectivity index (χ4v) is 5.34. The van der Waals surface area contributed by atoms with E-state index in [2.05, 4.69) is 61.7 Å². The highest BCUT2D eigenvalue weighted by molar-refractivity contribution is 5.81. The molecule has 2 N–H and O–H groups in total. The molecule has 3 rings (SSSR count). The highest BCUT2D eigenvalue weighted by atomic mass is 16.5. The number of aliphatic hydroxyl groups is 2. The summed E-state index contributed by atoms with van der Waals surface area (Å²) in [4.78, 5) is 22.1. The highest BCUT2D eigenvalue weighted by Gasteiger charge is 2.08. The van der Waals surface area contributed by atoms with Crippen molar-refractivity contribution in [2.75, 3.05) is 26.4 Å². The highest BCUT2D eigenvalue weighted by Crippen LogP contribution is 2.24. The fraction of sp³-hybridized carbons (Fsp3) is 0.429. The molecule has 50 heavy (non-hydrogen) atoms. The fourth-order valence-electron chi connectivity index (χ4n) is 5.34. The van der Waals surface area contributed by atoms with E-state index >= 15 is 0 Å². The van der Waals surface area contributed by atoms with Gasteiger partial charge in [0.1, 0.15) is 24.7 Å². The van der Waals surface area contributed by atoms with Crippen LogP contribution in [0.1, 0.15) is 75.3 Å². The van der Waals surface area contributed by atoms with Crippen LogP contribution in [-0.2, 0) is 31.9 Å². The molecule has 8 heteroatoms. The monoisotopic (exact) mass is 686 g/mol. The van der Waals surface area contributed by atoms with Crippen LogP contribution in [0.3, 0.4) is 0 Å². The Labute approximate surface area is 297 Å². The Kier molecular flexibility index (Phi) is 19.1. The van der Waals surface area contributed by atoms with Crippen LogP contribution >= 0.6 is 0 Å². The molecular weight excluding hydrogens is 632 g/mol. The van der Waals surface area contributed by atoms with Crippen LogP contribution < -0.4 is 9.47 Å². The van der Waals surface area contributed by atoms with Gasteiger partial charge in [0.15, 0.2) is 0 Å². The van der Waals surface area contributed by atoms with Gasteiger partial charge in [-0.25, -0.2) is 9.59 Å². The average molecular weight is 687 g/mol. The summed E-state index contributed by atoms with van der Waals surface area (Å²) >= 11 is 0. The van der Waals surface area contributed by atoms with E-state index in [9.17, 15) is 19.8 Å². The predicted octanol–water partition coefficient (Wildman–Crippen LogP) is 7.98. The zero-order chi connectivity index (χ0) is 35.8.